The predicted molar refractivity (Wildman–Crippen MR) is 49.7 cm³/mol. The van der Waals surface area contributed by atoms with Crippen LogP contribution in [0, 0.1) is 0 Å². The number of rotatable bonds is 1. The lowest BCUT2D eigenvalue weighted by molar-refractivity contribution is 0.0693. The average Bonchev–Trinajstić information content (AvgIpc) is 2.58. The van der Waals surface area contributed by atoms with E-state index in [1.165, 1.54) is 12.1 Å². The average molecular weight is 206 g/mol. The van der Waals surface area contributed by atoms with Crippen LogP contribution in [0.3, 0.4) is 0 Å². The van der Waals surface area contributed by atoms with Gasteiger partial charge in [0.15, 0.2) is 0 Å². The van der Waals surface area contributed by atoms with Gasteiger partial charge < -0.3 is 14.9 Å². The minimum absolute atomic E-state index is 0.0569. The van der Waals surface area contributed by atoms with Crippen molar-refractivity contribution in [3.05, 3.63) is 23.3 Å². The van der Waals surface area contributed by atoms with Gasteiger partial charge in [0.25, 0.3) is 0 Å². The molecule has 0 saturated heterocycles. The lowest BCUT2D eigenvalue weighted by Crippen LogP contribution is -1.97. The maximum Gasteiger partial charge on any atom is 0.339 e. The molecule has 0 spiro atoms. The van der Waals surface area contributed by atoms with E-state index in [4.69, 9.17) is 9.84 Å². The Morgan fingerprint density at radius 1 is 1.47 bits per heavy atom. The van der Waals surface area contributed by atoms with Gasteiger partial charge in [-0.15, -0.1) is 0 Å². The first kappa shape index (κ1) is 9.30. The third-order valence-corrected chi connectivity index (χ3v) is 2.15. The fraction of sp³-hybridized carbons (Fsp3) is 0.100. The molecule has 2 N–H and O–H groups in total. The van der Waals surface area contributed by atoms with Crippen LogP contribution >= 0.6 is 0 Å². The molecular weight excluding hydrogens is 200 g/mol. The molecule has 1 aliphatic heterocycles. The molecule has 0 radical (unpaired) electrons. The monoisotopic (exact) mass is 206 g/mol. The highest BCUT2D eigenvalue weighted by Gasteiger charge is 2.23. The zero-order valence-electron chi connectivity index (χ0n) is 7.48. The van der Waals surface area contributed by atoms with Crippen molar-refractivity contribution in [2.24, 2.45) is 0 Å². The summed E-state index contributed by atoms with van der Waals surface area (Å²) in [5.74, 6) is 0.336. The predicted octanol–water partition coefficient (Wildman–Crippen LogP) is 0.698. The molecule has 0 fully saturated rings. The summed E-state index contributed by atoms with van der Waals surface area (Å²) in [5.41, 5.74) is 0.375. The summed E-state index contributed by atoms with van der Waals surface area (Å²) in [5, 5.41) is 18.1. The number of aromatic carboxylic acids is 1. The SMILES string of the molecule is O=C=C1COc2cc(O)c(C(=O)O)cc21. The van der Waals surface area contributed by atoms with Gasteiger partial charge in [-0.2, -0.15) is 0 Å². The molecule has 0 amide bonds. The fourth-order valence-corrected chi connectivity index (χ4v) is 1.41. The maximum absolute atomic E-state index is 10.7. The second-order valence-corrected chi connectivity index (χ2v) is 3.04. The zero-order valence-corrected chi connectivity index (χ0v) is 7.48. The molecule has 0 bridgehead atoms. The van der Waals surface area contributed by atoms with Crippen molar-refractivity contribution in [3.63, 3.8) is 0 Å². The number of carbonyl (C=O) groups is 1. The second-order valence-electron chi connectivity index (χ2n) is 3.04. The molecule has 1 heterocycles. The second kappa shape index (κ2) is 3.15. The van der Waals surface area contributed by atoms with Gasteiger partial charge in [-0.3, -0.25) is 0 Å². The zero-order chi connectivity index (χ0) is 11.0. The van der Waals surface area contributed by atoms with E-state index in [1.807, 2.05) is 0 Å². The summed E-state index contributed by atoms with van der Waals surface area (Å²) in [6.07, 6.45) is 0. The summed E-state index contributed by atoms with van der Waals surface area (Å²) in [4.78, 5) is 21.2. The molecular formula is C10H6O5. The molecule has 2 rings (SSSR count). The van der Waals surface area contributed by atoms with E-state index in [0.717, 1.165) is 0 Å². The first-order valence-electron chi connectivity index (χ1n) is 4.11. The molecule has 0 aliphatic carbocycles. The Morgan fingerprint density at radius 2 is 2.20 bits per heavy atom. The Kier molecular flexibility index (Phi) is 1.95. The van der Waals surface area contributed by atoms with E-state index in [2.05, 4.69) is 0 Å². The number of benzene rings is 1. The Labute approximate surface area is 84.2 Å². The molecule has 0 atom stereocenters. The van der Waals surface area contributed by atoms with E-state index >= 15 is 0 Å². The molecule has 5 heteroatoms. The number of hydrogen-bond donors (Lipinski definition) is 2. The largest absolute Gasteiger partial charge is 0.507 e. The number of aromatic hydroxyl groups is 1. The van der Waals surface area contributed by atoms with Crippen molar-refractivity contribution in [2.45, 2.75) is 0 Å². The molecule has 0 aromatic heterocycles. The molecule has 0 saturated carbocycles. The Morgan fingerprint density at radius 3 is 2.80 bits per heavy atom. The van der Waals surface area contributed by atoms with Crippen molar-refractivity contribution in [1.29, 1.82) is 0 Å². The van der Waals surface area contributed by atoms with Gasteiger partial charge in [0.1, 0.15) is 29.6 Å². The van der Waals surface area contributed by atoms with Crippen molar-refractivity contribution in [2.75, 3.05) is 6.61 Å². The van der Waals surface area contributed by atoms with Crippen LogP contribution in [0.4, 0.5) is 0 Å². The quantitative estimate of drug-likeness (QED) is 0.660. The summed E-state index contributed by atoms with van der Waals surface area (Å²) < 4.78 is 5.07. The van der Waals surface area contributed by atoms with Gasteiger partial charge >= 0.3 is 5.97 Å². The minimum atomic E-state index is -1.26. The third kappa shape index (κ3) is 1.35. The van der Waals surface area contributed by atoms with Gasteiger partial charge in [0.05, 0.1) is 5.57 Å². The van der Waals surface area contributed by atoms with Crippen molar-refractivity contribution >= 4 is 17.5 Å². The molecule has 76 valence electrons. The maximum atomic E-state index is 10.7. The fourth-order valence-electron chi connectivity index (χ4n) is 1.41. The van der Waals surface area contributed by atoms with Gasteiger partial charge in [-0.25, -0.2) is 9.59 Å². The summed E-state index contributed by atoms with van der Waals surface area (Å²) in [6.45, 7) is 0.0569. The standard InChI is InChI=1S/C10H6O5/c11-3-5-4-15-9-2-8(12)7(10(13)14)1-6(5)9/h1-2,12H,4H2,(H,13,14). The van der Waals surface area contributed by atoms with Gasteiger partial charge in [0.2, 0.25) is 0 Å². The lowest BCUT2D eigenvalue weighted by Gasteiger charge is -2.02. The van der Waals surface area contributed by atoms with Crippen LogP contribution in [-0.4, -0.2) is 28.7 Å². The number of carboxylic acid groups (broad SMARTS) is 1. The smallest absolute Gasteiger partial charge is 0.339 e. The Bertz CT molecular complexity index is 497. The van der Waals surface area contributed by atoms with E-state index in [0.29, 0.717) is 11.3 Å². The third-order valence-electron chi connectivity index (χ3n) is 2.15. The van der Waals surface area contributed by atoms with Crippen LogP contribution in [0.15, 0.2) is 12.1 Å². The van der Waals surface area contributed by atoms with Crippen LogP contribution in [0.25, 0.3) is 5.57 Å². The van der Waals surface area contributed by atoms with Gasteiger partial charge in [-0.1, -0.05) is 0 Å². The molecule has 0 unspecified atom stereocenters. The molecule has 1 aromatic carbocycles. The number of ether oxygens (including phenoxy) is 1. The number of carboxylic acids is 1. The van der Waals surface area contributed by atoms with Crippen LogP contribution in [-0.2, 0) is 4.79 Å². The number of phenols is 1. The van der Waals surface area contributed by atoms with Crippen molar-refractivity contribution in [1.82, 2.24) is 0 Å². The molecule has 1 aliphatic rings. The Balaban J connectivity index is 2.66. The number of fused-ring (bicyclic) bond motifs is 1. The molecule has 1 aromatic rings. The van der Waals surface area contributed by atoms with Gasteiger partial charge in [-0.05, 0) is 6.07 Å². The normalized spacial score (nSPS) is 12.9. The molecule has 15 heavy (non-hydrogen) atoms. The Hall–Kier alpha value is -2.26. The topological polar surface area (TPSA) is 83.8 Å². The minimum Gasteiger partial charge on any atom is -0.507 e. The molecule has 5 nitrogen and oxygen atoms in total. The van der Waals surface area contributed by atoms with E-state index in [9.17, 15) is 14.7 Å². The van der Waals surface area contributed by atoms with E-state index in [-0.39, 0.29) is 23.5 Å². The summed E-state index contributed by atoms with van der Waals surface area (Å²) >= 11 is 0. The van der Waals surface area contributed by atoms with Crippen LogP contribution < -0.4 is 4.74 Å². The van der Waals surface area contributed by atoms with Crippen LogP contribution in [0.5, 0.6) is 11.5 Å². The van der Waals surface area contributed by atoms with Crippen molar-refractivity contribution < 1.29 is 24.5 Å². The first-order valence-corrected chi connectivity index (χ1v) is 4.11. The highest BCUT2D eigenvalue weighted by atomic mass is 16.5. The van der Waals surface area contributed by atoms with Crippen LogP contribution in [0.1, 0.15) is 15.9 Å². The lowest BCUT2D eigenvalue weighted by atomic mass is 10.0. The highest BCUT2D eigenvalue weighted by molar-refractivity contribution is 5.97. The van der Waals surface area contributed by atoms with E-state index in [1.54, 1.807) is 5.94 Å². The van der Waals surface area contributed by atoms with Crippen molar-refractivity contribution in [3.8, 4) is 11.5 Å². The van der Waals surface area contributed by atoms with Gasteiger partial charge in [0, 0.05) is 11.6 Å². The first-order chi connectivity index (χ1) is 7.13. The van der Waals surface area contributed by atoms with Crippen LogP contribution in [0.2, 0.25) is 0 Å². The number of hydrogen-bond acceptors (Lipinski definition) is 4. The van der Waals surface area contributed by atoms with E-state index < -0.39 is 5.97 Å². The highest BCUT2D eigenvalue weighted by Crippen LogP contribution is 2.36. The number of carbonyl (C=O) groups excluding carboxylic acids is 1. The summed E-state index contributed by atoms with van der Waals surface area (Å²) in [6, 6.07) is 2.39. The summed E-state index contributed by atoms with van der Waals surface area (Å²) in [7, 11) is 0.